The van der Waals surface area contributed by atoms with Crippen LogP contribution >= 0.6 is 0 Å². The van der Waals surface area contributed by atoms with Gasteiger partial charge in [-0.2, -0.15) is 0 Å². The Kier molecular flexibility index (Phi) is 5.36. The first-order chi connectivity index (χ1) is 9.29. The third-order valence-corrected chi connectivity index (χ3v) is 3.29. The van der Waals surface area contributed by atoms with Crippen LogP contribution in [0.2, 0.25) is 0 Å². The topological polar surface area (TPSA) is 24.5 Å². The summed E-state index contributed by atoms with van der Waals surface area (Å²) in [6.45, 7) is 5.19. The maximum absolute atomic E-state index is 13.2. The van der Waals surface area contributed by atoms with Crippen LogP contribution in [0, 0.1) is 5.82 Å². The largest absolute Gasteiger partial charge is 0.496 e. The second-order valence-electron chi connectivity index (χ2n) is 4.69. The standard InChI is InChI=1S/C15H21FN2O/c1-19-15-6-5-14(16)12-13(15)4-2-9-18-10-3-7-17-8-11-18/h2,4-6,12,17H,3,7-11H2,1H3/b4-2+. The van der Waals surface area contributed by atoms with Gasteiger partial charge in [0.15, 0.2) is 0 Å². The lowest BCUT2D eigenvalue weighted by Gasteiger charge is -2.16. The highest BCUT2D eigenvalue weighted by molar-refractivity contribution is 5.57. The van der Waals surface area contributed by atoms with Gasteiger partial charge in [-0.3, -0.25) is 4.90 Å². The number of nitrogens with one attached hydrogen (secondary N) is 1. The molecule has 1 saturated heterocycles. The second kappa shape index (κ2) is 7.26. The number of nitrogens with zero attached hydrogens (tertiary/aromatic N) is 1. The molecule has 1 N–H and O–H groups in total. The third-order valence-electron chi connectivity index (χ3n) is 3.29. The summed E-state index contributed by atoms with van der Waals surface area (Å²) in [4.78, 5) is 2.39. The first kappa shape index (κ1) is 14.0. The molecule has 1 aromatic rings. The molecule has 1 aliphatic rings. The van der Waals surface area contributed by atoms with Crippen LogP contribution in [0.3, 0.4) is 0 Å². The van der Waals surface area contributed by atoms with Crippen molar-refractivity contribution in [2.45, 2.75) is 6.42 Å². The predicted octanol–water partition coefficient (Wildman–Crippen LogP) is 2.14. The molecule has 0 bridgehead atoms. The van der Waals surface area contributed by atoms with Crippen molar-refractivity contribution in [1.82, 2.24) is 10.2 Å². The highest BCUT2D eigenvalue weighted by atomic mass is 19.1. The maximum atomic E-state index is 13.2. The molecule has 0 radical (unpaired) electrons. The molecule has 0 atom stereocenters. The van der Waals surface area contributed by atoms with E-state index in [0.717, 1.165) is 38.3 Å². The molecule has 104 valence electrons. The number of benzene rings is 1. The van der Waals surface area contributed by atoms with E-state index in [1.165, 1.54) is 18.6 Å². The molecular formula is C15H21FN2O. The first-order valence-corrected chi connectivity index (χ1v) is 6.73. The molecule has 2 rings (SSSR count). The van der Waals surface area contributed by atoms with Crippen LogP contribution in [0.5, 0.6) is 5.75 Å². The summed E-state index contributed by atoms with van der Waals surface area (Å²) in [6, 6.07) is 4.57. The summed E-state index contributed by atoms with van der Waals surface area (Å²) in [5.74, 6) is 0.467. The van der Waals surface area contributed by atoms with E-state index in [-0.39, 0.29) is 5.82 Å². The molecule has 1 aliphatic heterocycles. The molecule has 1 aromatic carbocycles. The van der Waals surface area contributed by atoms with E-state index >= 15 is 0 Å². The van der Waals surface area contributed by atoms with Gasteiger partial charge in [-0.25, -0.2) is 4.39 Å². The normalized spacial score (nSPS) is 17.6. The summed E-state index contributed by atoms with van der Waals surface area (Å²) in [7, 11) is 1.60. The van der Waals surface area contributed by atoms with Crippen molar-refractivity contribution < 1.29 is 9.13 Å². The number of ether oxygens (including phenoxy) is 1. The fourth-order valence-electron chi connectivity index (χ4n) is 2.25. The van der Waals surface area contributed by atoms with E-state index in [9.17, 15) is 4.39 Å². The van der Waals surface area contributed by atoms with Crippen molar-refractivity contribution in [2.75, 3.05) is 39.8 Å². The van der Waals surface area contributed by atoms with Gasteiger partial charge in [0.2, 0.25) is 0 Å². The Balaban J connectivity index is 1.95. The third kappa shape index (κ3) is 4.33. The van der Waals surface area contributed by atoms with Crippen LogP contribution in [0.15, 0.2) is 24.3 Å². The van der Waals surface area contributed by atoms with Crippen molar-refractivity contribution >= 4 is 6.08 Å². The summed E-state index contributed by atoms with van der Waals surface area (Å²) in [5.41, 5.74) is 0.787. The second-order valence-corrected chi connectivity index (χ2v) is 4.69. The first-order valence-electron chi connectivity index (χ1n) is 6.73. The zero-order valence-corrected chi connectivity index (χ0v) is 11.4. The molecule has 0 aromatic heterocycles. The van der Waals surface area contributed by atoms with Gasteiger partial charge in [0.05, 0.1) is 7.11 Å². The lowest BCUT2D eigenvalue weighted by Crippen LogP contribution is -2.28. The van der Waals surface area contributed by atoms with Gasteiger partial charge in [-0.05, 0) is 37.7 Å². The Labute approximate surface area is 114 Å². The van der Waals surface area contributed by atoms with Gasteiger partial charge in [0.25, 0.3) is 0 Å². The fraction of sp³-hybridized carbons (Fsp3) is 0.467. The van der Waals surface area contributed by atoms with E-state index in [4.69, 9.17) is 4.74 Å². The maximum Gasteiger partial charge on any atom is 0.126 e. The van der Waals surface area contributed by atoms with E-state index in [1.807, 2.05) is 6.08 Å². The molecule has 0 aliphatic carbocycles. The van der Waals surface area contributed by atoms with Crippen molar-refractivity contribution in [2.24, 2.45) is 0 Å². The van der Waals surface area contributed by atoms with Gasteiger partial charge in [-0.15, -0.1) is 0 Å². The molecular weight excluding hydrogens is 243 g/mol. The molecule has 0 spiro atoms. The summed E-state index contributed by atoms with van der Waals surface area (Å²) in [5, 5.41) is 3.38. The Bertz CT molecular complexity index is 426. The summed E-state index contributed by atoms with van der Waals surface area (Å²) < 4.78 is 18.4. The number of methoxy groups -OCH3 is 1. The van der Waals surface area contributed by atoms with Crippen LogP contribution in [0.4, 0.5) is 4.39 Å². The van der Waals surface area contributed by atoms with Crippen molar-refractivity contribution in [3.05, 3.63) is 35.7 Å². The minimum Gasteiger partial charge on any atom is -0.496 e. The minimum absolute atomic E-state index is 0.237. The Morgan fingerprint density at radius 3 is 3.11 bits per heavy atom. The summed E-state index contributed by atoms with van der Waals surface area (Å²) >= 11 is 0. The Morgan fingerprint density at radius 1 is 1.37 bits per heavy atom. The van der Waals surface area contributed by atoms with Crippen LogP contribution in [0.25, 0.3) is 6.08 Å². The molecule has 0 amide bonds. The molecule has 0 unspecified atom stereocenters. The summed E-state index contributed by atoms with van der Waals surface area (Å²) in [6.07, 6.45) is 5.18. The zero-order valence-electron chi connectivity index (χ0n) is 11.4. The molecule has 1 fully saturated rings. The van der Waals surface area contributed by atoms with Crippen molar-refractivity contribution in [3.63, 3.8) is 0 Å². The van der Waals surface area contributed by atoms with Gasteiger partial charge < -0.3 is 10.1 Å². The van der Waals surface area contributed by atoms with Gasteiger partial charge in [-0.1, -0.05) is 12.2 Å². The van der Waals surface area contributed by atoms with Crippen LogP contribution in [-0.2, 0) is 0 Å². The highest BCUT2D eigenvalue weighted by Gasteiger charge is 2.06. The molecule has 4 heteroatoms. The zero-order chi connectivity index (χ0) is 13.5. The van der Waals surface area contributed by atoms with Gasteiger partial charge in [0.1, 0.15) is 11.6 Å². The monoisotopic (exact) mass is 264 g/mol. The lowest BCUT2D eigenvalue weighted by atomic mass is 10.2. The van der Waals surface area contributed by atoms with Gasteiger partial charge in [0, 0.05) is 25.2 Å². The SMILES string of the molecule is COc1ccc(F)cc1/C=C/CN1CCCNCC1. The fourth-order valence-corrected chi connectivity index (χ4v) is 2.25. The quantitative estimate of drug-likeness (QED) is 0.901. The van der Waals surface area contributed by atoms with Crippen molar-refractivity contribution in [3.8, 4) is 5.75 Å². The van der Waals surface area contributed by atoms with Gasteiger partial charge >= 0.3 is 0 Å². The predicted molar refractivity (Wildman–Crippen MR) is 75.9 cm³/mol. The molecule has 0 saturated carbocycles. The van der Waals surface area contributed by atoms with E-state index < -0.39 is 0 Å². The molecule has 19 heavy (non-hydrogen) atoms. The van der Waals surface area contributed by atoms with E-state index in [0.29, 0.717) is 5.75 Å². The van der Waals surface area contributed by atoms with Crippen molar-refractivity contribution in [1.29, 1.82) is 0 Å². The number of halogens is 1. The highest BCUT2D eigenvalue weighted by Crippen LogP contribution is 2.20. The van der Waals surface area contributed by atoms with E-state index in [1.54, 1.807) is 13.2 Å². The number of hydrogen-bond acceptors (Lipinski definition) is 3. The van der Waals surface area contributed by atoms with Crippen LogP contribution in [0.1, 0.15) is 12.0 Å². The van der Waals surface area contributed by atoms with Crippen LogP contribution in [-0.4, -0.2) is 44.7 Å². The number of hydrogen-bond donors (Lipinski definition) is 1. The average Bonchev–Trinajstić information content (AvgIpc) is 2.68. The number of rotatable bonds is 4. The Morgan fingerprint density at radius 2 is 2.26 bits per heavy atom. The average molecular weight is 264 g/mol. The minimum atomic E-state index is -0.237. The van der Waals surface area contributed by atoms with Crippen LogP contribution < -0.4 is 10.1 Å². The molecule has 3 nitrogen and oxygen atoms in total. The lowest BCUT2D eigenvalue weighted by molar-refractivity contribution is 0.324. The van der Waals surface area contributed by atoms with E-state index in [2.05, 4.69) is 16.3 Å². The smallest absolute Gasteiger partial charge is 0.126 e. The molecule has 1 heterocycles. The Hall–Kier alpha value is -1.39.